The summed E-state index contributed by atoms with van der Waals surface area (Å²) in [6.07, 6.45) is 4.03. The molecule has 0 radical (unpaired) electrons. The van der Waals surface area contributed by atoms with Crippen molar-refractivity contribution in [3.63, 3.8) is 0 Å². The number of alkyl halides is 1. The minimum Gasteiger partial charge on any atom is -0.260 e. The normalized spacial score (nSPS) is 22.0. The molecule has 1 aromatic heterocycles. The fourth-order valence-electron chi connectivity index (χ4n) is 2.05. The molecule has 2 heterocycles. The second kappa shape index (κ2) is 5.63. The predicted molar refractivity (Wildman–Crippen MR) is 69.5 cm³/mol. The van der Waals surface area contributed by atoms with Crippen molar-refractivity contribution in [2.75, 3.05) is 18.4 Å². The van der Waals surface area contributed by atoms with Crippen LogP contribution in [0.3, 0.4) is 0 Å². The first-order chi connectivity index (χ1) is 8.54. The number of hydrogen-bond donors (Lipinski definition) is 0. The Morgan fingerprint density at radius 1 is 1.50 bits per heavy atom. The topological polar surface area (TPSA) is 50.3 Å². The highest BCUT2D eigenvalue weighted by Crippen LogP contribution is 2.24. The van der Waals surface area contributed by atoms with E-state index in [0.717, 1.165) is 30.4 Å². The molecule has 1 unspecified atom stereocenters. The van der Waals surface area contributed by atoms with E-state index >= 15 is 0 Å². The fraction of sp³-hybridized carbons (Fsp3) is 0.545. The Kier molecular flexibility index (Phi) is 4.34. The molecule has 1 atom stereocenters. The molecular formula is C11H14BrFN2O2S. The van der Waals surface area contributed by atoms with Crippen molar-refractivity contribution in [1.29, 1.82) is 0 Å². The molecule has 100 valence electrons. The Bertz CT molecular complexity index is 524. The molecule has 1 fully saturated rings. The average molecular weight is 337 g/mol. The quantitative estimate of drug-likeness (QED) is 0.793. The van der Waals surface area contributed by atoms with Crippen molar-refractivity contribution in [3.8, 4) is 0 Å². The lowest BCUT2D eigenvalue weighted by molar-refractivity contribution is 0.285. The first kappa shape index (κ1) is 13.9. The van der Waals surface area contributed by atoms with Gasteiger partial charge in [0.2, 0.25) is 10.0 Å². The standard InChI is InChI=1S/C11H14BrFN2O2S/c12-5-9-2-1-3-15(8-9)18(16,17)11-4-10(13)6-14-7-11/h4,6-7,9H,1-3,5,8H2. The first-order valence-corrected chi connectivity index (χ1v) is 8.27. The number of nitrogens with zero attached hydrogens (tertiary/aromatic N) is 2. The maximum atomic E-state index is 13.1. The highest BCUT2D eigenvalue weighted by molar-refractivity contribution is 9.09. The van der Waals surface area contributed by atoms with Gasteiger partial charge >= 0.3 is 0 Å². The average Bonchev–Trinajstić information content (AvgIpc) is 2.39. The zero-order valence-electron chi connectivity index (χ0n) is 9.72. The number of rotatable bonds is 3. The predicted octanol–water partition coefficient (Wildman–Crippen LogP) is 2.02. The summed E-state index contributed by atoms with van der Waals surface area (Å²) in [4.78, 5) is 3.52. The fourth-order valence-corrected chi connectivity index (χ4v) is 4.11. The Labute approximate surface area is 114 Å². The van der Waals surface area contributed by atoms with E-state index in [2.05, 4.69) is 20.9 Å². The molecule has 0 amide bonds. The van der Waals surface area contributed by atoms with E-state index in [4.69, 9.17) is 0 Å². The van der Waals surface area contributed by atoms with Gasteiger partial charge < -0.3 is 0 Å². The summed E-state index contributed by atoms with van der Waals surface area (Å²) in [7, 11) is -3.62. The van der Waals surface area contributed by atoms with Crippen molar-refractivity contribution >= 4 is 26.0 Å². The number of halogens is 2. The van der Waals surface area contributed by atoms with E-state index in [-0.39, 0.29) is 4.90 Å². The lowest BCUT2D eigenvalue weighted by atomic mass is 10.0. The van der Waals surface area contributed by atoms with Gasteiger partial charge in [-0.25, -0.2) is 12.8 Å². The summed E-state index contributed by atoms with van der Waals surface area (Å²) < 4.78 is 39.1. The van der Waals surface area contributed by atoms with Gasteiger partial charge in [-0.3, -0.25) is 4.98 Å². The highest BCUT2D eigenvalue weighted by Gasteiger charge is 2.30. The lowest BCUT2D eigenvalue weighted by Gasteiger charge is -2.30. The van der Waals surface area contributed by atoms with Crippen LogP contribution in [0.25, 0.3) is 0 Å². The molecule has 1 aliphatic heterocycles. The summed E-state index contributed by atoms with van der Waals surface area (Å²) in [6.45, 7) is 0.965. The third-order valence-electron chi connectivity index (χ3n) is 3.02. The maximum absolute atomic E-state index is 13.1. The van der Waals surface area contributed by atoms with Crippen LogP contribution in [0.1, 0.15) is 12.8 Å². The van der Waals surface area contributed by atoms with Crippen molar-refractivity contribution in [1.82, 2.24) is 9.29 Å². The van der Waals surface area contributed by atoms with Gasteiger partial charge in [-0.1, -0.05) is 15.9 Å². The van der Waals surface area contributed by atoms with Crippen LogP contribution >= 0.6 is 15.9 Å². The van der Waals surface area contributed by atoms with E-state index in [1.165, 1.54) is 10.5 Å². The summed E-state index contributed by atoms with van der Waals surface area (Å²) in [5, 5.41) is 0.778. The Morgan fingerprint density at radius 3 is 2.94 bits per heavy atom. The molecule has 0 aliphatic carbocycles. The van der Waals surface area contributed by atoms with E-state index in [9.17, 15) is 12.8 Å². The number of hydrogen-bond acceptors (Lipinski definition) is 3. The maximum Gasteiger partial charge on any atom is 0.244 e. The summed E-state index contributed by atoms with van der Waals surface area (Å²) >= 11 is 3.38. The molecule has 1 aliphatic rings. The molecular weight excluding hydrogens is 323 g/mol. The van der Waals surface area contributed by atoms with Crippen LogP contribution in [0.5, 0.6) is 0 Å². The first-order valence-electron chi connectivity index (χ1n) is 5.70. The van der Waals surface area contributed by atoms with E-state index in [1.54, 1.807) is 0 Å². The van der Waals surface area contributed by atoms with Crippen molar-refractivity contribution < 1.29 is 12.8 Å². The van der Waals surface area contributed by atoms with Gasteiger partial charge in [-0.05, 0) is 24.8 Å². The molecule has 0 aromatic carbocycles. The van der Waals surface area contributed by atoms with Gasteiger partial charge in [0, 0.05) is 24.6 Å². The minimum absolute atomic E-state index is 0.0716. The lowest BCUT2D eigenvalue weighted by Crippen LogP contribution is -2.40. The second-order valence-electron chi connectivity index (χ2n) is 4.36. The molecule has 18 heavy (non-hydrogen) atoms. The number of sulfonamides is 1. The third-order valence-corrected chi connectivity index (χ3v) is 5.76. The molecule has 0 saturated carbocycles. The molecule has 4 nitrogen and oxygen atoms in total. The minimum atomic E-state index is -3.62. The van der Waals surface area contributed by atoms with Crippen LogP contribution in [0.2, 0.25) is 0 Å². The van der Waals surface area contributed by atoms with Gasteiger partial charge in [0.1, 0.15) is 10.7 Å². The van der Waals surface area contributed by atoms with Crippen LogP contribution in [-0.2, 0) is 10.0 Å². The van der Waals surface area contributed by atoms with Crippen LogP contribution in [0, 0.1) is 11.7 Å². The molecule has 0 bridgehead atoms. The number of pyridine rings is 1. The van der Waals surface area contributed by atoms with Gasteiger partial charge in [0.05, 0.1) is 6.20 Å². The molecule has 1 saturated heterocycles. The van der Waals surface area contributed by atoms with Gasteiger partial charge in [-0.15, -0.1) is 0 Å². The monoisotopic (exact) mass is 336 g/mol. The zero-order valence-corrected chi connectivity index (χ0v) is 12.1. The summed E-state index contributed by atoms with van der Waals surface area (Å²) in [5.74, 6) is -0.319. The van der Waals surface area contributed by atoms with Gasteiger partial charge in [-0.2, -0.15) is 4.31 Å². The largest absolute Gasteiger partial charge is 0.260 e. The van der Waals surface area contributed by atoms with E-state index < -0.39 is 15.8 Å². The number of aromatic nitrogens is 1. The Morgan fingerprint density at radius 2 is 2.28 bits per heavy atom. The molecule has 0 spiro atoms. The van der Waals surface area contributed by atoms with Gasteiger partial charge in [0.25, 0.3) is 0 Å². The molecule has 0 N–H and O–H groups in total. The van der Waals surface area contributed by atoms with Crippen molar-refractivity contribution in [3.05, 3.63) is 24.3 Å². The molecule has 7 heteroatoms. The summed E-state index contributed by atoms with van der Waals surface area (Å²) in [5.41, 5.74) is 0. The second-order valence-corrected chi connectivity index (χ2v) is 6.95. The van der Waals surface area contributed by atoms with Crippen LogP contribution < -0.4 is 0 Å². The van der Waals surface area contributed by atoms with Crippen molar-refractivity contribution in [2.24, 2.45) is 5.92 Å². The summed E-state index contributed by atoms with van der Waals surface area (Å²) in [6, 6.07) is 1.01. The molecule has 1 aromatic rings. The third kappa shape index (κ3) is 2.89. The van der Waals surface area contributed by atoms with E-state index in [1.807, 2.05) is 0 Å². The van der Waals surface area contributed by atoms with Gasteiger partial charge in [0.15, 0.2) is 0 Å². The SMILES string of the molecule is O=S(=O)(c1cncc(F)c1)N1CCCC(CBr)C1. The molecule has 2 rings (SSSR count). The Balaban J connectivity index is 2.25. The zero-order chi connectivity index (χ0) is 13.2. The number of piperidine rings is 1. The Hall–Kier alpha value is -0.530. The van der Waals surface area contributed by atoms with Crippen LogP contribution in [0.4, 0.5) is 4.39 Å². The van der Waals surface area contributed by atoms with Crippen LogP contribution in [-0.4, -0.2) is 36.1 Å². The van der Waals surface area contributed by atoms with E-state index in [0.29, 0.717) is 19.0 Å². The smallest absolute Gasteiger partial charge is 0.244 e. The highest BCUT2D eigenvalue weighted by atomic mass is 79.9. The van der Waals surface area contributed by atoms with Crippen LogP contribution in [0.15, 0.2) is 23.4 Å². The van der Waals surface area contributed by atoms with Crippen molar-refractivity contribution in [2.45, 2.75) is 17.7 Å².